The largest absolute Gasteiger partial charge is 0.495 e. The molecule has 0 aromatic heterocycles. The highest BCUT2D eigenvalue weighted by Gasteiger charge is 2.31. The van der Waals surface area contributed by atoms with Gasteiger partial charge in [0.1, 0.15) is 5.75 Å². The molecule has 2 aliphatic rings. The van der Waals surface area contributed by atoms with Gasteiger partial charge in [0.05, 0.1) is 12.1 Å². The Hall–Kier alpha value is -2.08. The Morgan fingerprint density at radius 3 is 2.65 bits per heavy atom. The minimum absolute atomic E-state index is 0.0595. The molecular formula is C19H23ClN2O4. The van der Waals surface area contributed by atoms with Crippen LogP contribution in [0.1, 0.15) is 43.6 Å². The number of nitrogens with one attached hydrogen (secondary N) is 1. The molecule has 2 fully saturated rings. The number of rotatable bonds is 5. The third-order valence-corrected chi connectivity index (χ3v) is 5.58. The number of likely N-dealkylation sites (tertiary alicyclic amines) is 1. The maximum absolute atomic E-state index is 12.4. The van der Waals surface area contributed by atoms with Crippen LogP contribution in [0.5, 0.6) is 5.75 Å². The van der Waals surface area contributed by atoms with Gasteiger partial charge >= 0.3 is 0 Å². The van der Waals surface area contributed by atoms with E-state index in [1.165, 1.54) is 5.56 Å². The smallest absolute Gasteiger partial charge is 0.230 e. The second kappa shape index (κ2) is 8.08. The fraction of sp³-hybridized carbons (Fsp3) is 0.526. The van der Waals surface area contributed by atoms with Gasteiger partial charge in [-0.3, -0.25) is 19.7 Å². The van der Waals surface area contributed by atoms with E-state index < -0.39 is 0 Å². The van der Waals surface area contributed by atoms with Gasteiger partial charge in [-0.25, -0.2) is 0 Å². The van der Waals surface area contributed by atoms with E-state index >= 15 is 0 Å². The Balaban J connectivity index is 1.49. The number of benzene rings is 1. The second-order valence-corrected chi connectivity index (χ2v) is 7.31. The number of carbonyl (C=O) groups is 3. The third-order valence-electron chi connectivity index (χ3n) is 5.27. The predicted molar refractivity (Wildman–Crippen MR) is 97.0 cm³/mol. The molecular weight excluding hydrogens is 356 g/mol. The van der Waals surface area contributed by atoms with E-state index in [0.717, 1.165) is 12.8 Å². The molecule has 2 saturated heterocycles. The van der Waals surface area contributed by atoms with Crippen molar-refractivity contribution in [2.45, 2.75) is 38.0 Å². The predicted octanol–water partition coefficient (Wildman–Crippen LogP) is 2.50. The SMILES string of the molecule is COc1cc(C2CCN(C(=O)CC[C@H]3CC(=O)NC3=O)CC2)ccc1Cl. The molecule has 1 aromatic carbocycles. The first-order valence-electron chi connectivity index (χ1n) is 8.93. The molecule has 0 radical (unpaired) electrons. The van der Waals surface area contributed by atoms with Crippen molar-refractivity contribution in [3.05, 3.63) is 28.8 Å². The molecule has 0 saturated carbocycles. The van der Waals surface area contributed by atoms with Crippen molar-refractivity contribution < 1.29 is 19.1 Å². The zero-order valence-electron chi connectivity index (χ0n) is 14.8. The number of methoxy groups -OCH3 is 1. The lowest BCUT2D eigenvalue weighted by Crippen LogP contribution is -2.38. The van der Waals surface area contributed by atoms with Crippen molar-refractivity contribution >= 4 is 29.3 Å². The maximum Gasteiger partial charge on any atom is 0.230 e. The van der Waals surface area contributed by atoms with Crippen molar-refractivity contribution in [3.8, 4) is 5.75 Å². The van der Waals surface area contributed by atoms with E-state index in [-0.39, 0.29) is 30.1 Å². The number of hydrogen-bond acceptors (Lipinski definition) is 4. The van der Waals surface area contributed by atoms with Crippen LogP contribution < -0.4 is 10.1 Å². The minimum atomic E-state index is -0.356. The lowest BCUT2D eigenvalue weighted by molar-refractivity contribution is -0.132. The quantitative estimate of drug-likeness (QED) is 0.799. The number of carbonyl (C=O) groups excluding carboxylic acids is 3. The molecule has 2 heterocycles. The molecule has 140 valence electrons. The molecule has 3 amide bonds. The fourth-order valence-corrected chi connectivity index (χ4v) is 3.88. The molecule has 1 aromatic rings. The monoisotopic (exact) mass is 378 g/mol. The van der Waals surface area contributed by atoms with Crippen LogP contribution >= 0.6 is 11.6 Å². The number of hydrogen-bond donors (Lipinski definition) is 1. The number of amides is 3. The topological polar surface area (TPSA) is 75.7 Å². The Kier molecular flexibility index (Phi) is 5.81. The van der Waals surface area contributed by atoms with Crippen LogP contribution in [0.3, 0.4) is 0 Å². The van der Waals surface area contributed by atoms with Crippen molar-refractivity contribution in [2.24, 2.45) is 5.92 Å². The van der Waals surface area contributed by atoms with Crippen LogP contribution in [0.15, 0.2) is 18.2 Å². The van der Waals surface area contributed by atoms with Gasteiger partial charge in [-0.15, -0.1) is 0 Å². The van der Waals surface area contributed by atoms with Gasteiger partial charge < -0.3 is 9.64 Å². The summed E-state index contributed by atoms with van der Waals surface area (Å²) in [7, 11) is 1.60. The van der Waals surface area contributed by atoms with Crippen LogP contribution in [-0.2, 0) is 14.4 Å². The number of piperidine rings is 1. The van der Waals surface area contributed by atoms with Gasteiger partial charge in [-0.1, -0.05) is 17.7 Å². The van der Waals surface area contributed by atoms with Gasteiger partial charge in [-0.05, 0) is 42.9 Å². The number of nitrogens with zero attached hydrogens (tertiary/aromatic N) is 1. The summed E-state index contributed by atoms with van der Waals surface area (Å²) in [5.74, 6) is 0.259. The Morgan fingerprint density at radius 2 is 2.04 bits per heavy atom. The highest BCUT2D eigenvalue weighted by Crippen LogP contribution is 2.33. The van der Waals surface area contributed by atoms with Crippen molar-refractivity contribution in [3.63, 3.8) is 0 Å². The molecule has 0 aliphatic carbocycles. The summed E-state index contributed by atoms with van der Waals surface area (Å²) in [5.41, 5.74) is 1.18. The summed E-state index contributed by atoms with van der Waals surface area (Å²) >= 11 is 6.08. The fourth-order valence-electron chi connectivity index (χ4n) is 3.69. The first kappa shape index (κ1) is 18.7. The van der Waals surface area contributed by atoms with E-state index in [9.17, 15) is 14.4 Å². The van der Waals surface area contributed by atoms with Crippen molar-refractivity contribution in [1.29, 1.82) is 0 Å². The summed E-state index contributed by atoms with van der Waals surface area (Å²) in [4.78, 5) is 37.0. The van der Waals surface area contributed by atoms with Gasteiger partial charge in [0.15, 0.2) is 0 Å². The minimum Gasteiger partial charge on any atom is -0.495 e. The van der Waals surface area contributed by atoms with Gasteiger partial charge in [0.25, 0.3) is 0 Å². The van der Waals surface area contributed by atoms with Crippen LogP contribution in [0, 0.1) is 5.92 Å². The lowest BCUT2D eigenvalue weighted by atomic mass is 9.89. The molecule has 0 bridgehead atoms. The van der Waals surface area contributed by atoms with E-state index in [1.54, 1.807) is 7.11 Å². The Bertz CT molecular complexity index is 713. The van der Waals surface area contributed by atoms with E-state index in [4.69, 9.17) is 16.3 Å². The average molecular weight is 379 g/mol. The summed E-state index contributed by atoms with van der Waals surface area (Å²) in [5, 5.41) is 2.88. The average Bonchev–Trinajstić information content (AvgIpc) is 2.97. The molecule has 26 heavy (non-hydrogen) atoms. The Labute approximate surface area is 157 Å². The molecule has 1 atom stereocenters. The van der Waals surface area contributed by atoms with Gasteiger partial charge in [0, 0.05) is 31.8 Å². The van der Waals surface area contributed by atoms with Crippen LogP contribution in [0.2, 0.25) is 5.02 Å². The van der Waals surface area contributed by atoms with Gasteiger partial charge in [0.2, 0.25) is 17.7 Å². The molecule has 6 nitrogen and oxygen atoms in total. The lowest BCUT2D eigenvalue weighted by Gasteiger charge is -2.32. The highest BCUT2D eigenvalue weighted by molar-refractivity contribution is 6.32. The molecule has 1 N–H and O–H groups in total. The molecule has 3 rings (SSSR count). The summed E-state index contributed by atoms with van der Waals surface area (Å²) in [6.45, 7) is 1.40. The summed E-state index contributed by atoms with van der Waals surface area (Å²) < 4.78 is 5.28. The van der Waals surface area contributed by atoms with Crippen LogP contribution in [-0.4, -0.2) is 42.8 Å². The van der Waals surface area contributed by atoms with Crippen LogP contribution in [0.25, 0.3) is 0 Å². The van der Waals surface area contributed by atoms with Gasteiger partial charge in [-0.2, -0.15) is 0 Å². The molecule has 2 aliphatic heterocycles. The van der Waals surface area contributed by atoms with E-state index in [1.807, 2.05) is 23.1 Å². The zero-order valence-corrected chi connectivity index (χ0v) is 15.6. The summed E-state index contributed by atoms with van der Waals surface area (Å²) in [6.07, 6.45) is 2.72. The first-order valence-corrected chi connectivity index (χ1v) is 9.30. The first-order chi connectivity index (χ1) is 12.5. The highest BCUT2D eigenvalue weighted by atomic mass is 35.5. The van der Waals surface area contributed by atoms with Crippen molar-refractivity contribution in [2.75, 3.05) is 20.2 Å². The van der Waals surface area contributed by atoms with Crippen molar-refractivity contribution in [1.82, 2.24) is 10.2 Å². The number of halogens is 1. The third kappa shape index (κ3) is 4.18. The number of imide groups is 1. The van der Waals surface area contributed by atoms with E-state index in [0.29, 0.717) is 42.6 Å². The zero-order chi connectivity index (χ0) is 18.7. The molecule has 7 heteroatoms. The molecule has 0 unspecified atom stereocenters. The standard InChI is InChI=1S/C19H23ClN2O4/c1-26-16-10-13(2-4-15(16)20)12-6-8-22(9-7-12)18(24)5-3-14-11-17(23)21-19(14)25/h2,4,10,12,14H,3,5-9,11H2,1H3,(H,21,23,25)/t14-/m0/s1. The maximum atomic E-state index is 12.4. The molecule has 0 spiro atoms. The second-order valence-electron chi connectivity index (χ2n) is 6.90. The van der Waals surface area contributed by atoms with E-state index in [2.05, 4.69) is 5.32 Å². The summed E-state index contributed by atoms with van der Waals surface area (Å²) in [6, 6.07) is 5.84. The van der Waals surface area contributed by atoms with Crippen LogP contribution in [0.4, 0.5) is 0 Å². The normalized spacial score (nSPS) is 21.0. The Morgan fingerprint density at radius 1 is 1.31 bits per heavy atom. The number of ether oxygens (including phenoxy) is 1.